The van der Waals surface area contributed by atoms with Crippen molar-refractivity contribution < 1.29 is 4.42 Å². The first-order valence-electron chi connectivity index (χ1n) is 6.30. The van der Waals surface area contributed by atoms with Crippen molar-refractivity contribution in [2.24, 2.45) is 0 Å². The summed E-state index contributed by atoms with van der Waals surface area (Å²) >= 11 is 3.39. The van der Waals surface area contributed by atoms with Crippen molar-refractivity contribution in [3.8, 4) is 6.07 Å². The van der Waals surface area contributed by atoms with E-state index in [9.17, 15) is 5.26 Å². The molecule has 1 unspecified atom stereocenters. The molecular weight excluding hydrogens is 304 g/mol. The monoisotopic (exact) mass is 316 g/mol. The standard InChI is InChI=1S/C15H13BrN2O/c16-11-4-5-13(10(8-11)9-17)18-14-2-1-3-15-12(14)6-7-19-15/h4-8,14,18H,1-3H2. The lowest BCUT2D eigenvalue weighted by Crippen LogP contribution is -2.16. The summed E-state index contributed by atoms with van der Waals surface area (Å²) in [5.41, 5.74) is 2.76. The van der Waals surface area contributed by atoms with Crippen molar-refractivity contribution in [1.82, 2.24) is 0 Å². The van der Waals surface area contributed by atoms with Gasteiger partial charge in [-0.05, 0) is 37.1 Å². The van der Waals surface area contributed by atoms with E-state index < -0.39 is 0 Å². The van der Waals surface area contributed by atoms with Gasteiger partial charge >= 0.3 is 0 Å². The Morgan fingerprint density at radius 1 is 1.37 bits per heavy atom. The molecule has 0 saturated heterocycles. The topological polar surface area (TPSA) is 49.0 Å². The van der Waals surface area contributed by atoms with Gasteiger partial charge in [0.1, 0.15) is 11.8 Å². The van der Waals surface area contributed by atoms with Crippen LogP contribution in [0.25, 0.3) is 0 Å². The van der Waals surface area contributed by atoms with Gasteiger partial charge in [-0.25, -0.2) is 0 Å². The van der Waals surface area contributed by atoms with Gasteiger partial charge in [-0.3, -0.25) is 0 Å². The Labute approximate surface area is 120 Å². The van der Waals surface area contributed by atoms with E-state index in [-0.39, 0.29) is 6.04 Å². The van der Waals surface area contributed by atoms with Crippen LogP contribution in [0, 0.1) is 11.3 Å². The number of aryl methyl sites for hydroxylation is 1. The van der Waals surface area contributed by atoms with E-state index in [1.807, 2.05) is 24.3 Å². The maximum Gasteiger partial charge on any atom is 0.109 e. The van der Waals surface area contributed by atoms with E-state index in [0.717, 1.165) is 35.2 Å². The Kier molecular flexibility index (Phi) is 3.31. The minimum atomic E-state index is 0.232. The lowest BCUT2D eigenvalue weighted by molar-refractivity contribution is 0.461. The van der Waals surface area contributed by atoms with E-state index in [0.29, 0.717) is 5.56 Å². The molecule has 0 bridgehead atoms. The highest BCUT2D eigenvalue weighted by atomic mass is 79.9. The average Bonchev–Trinajstić information content (AvgIpc) is 2.90. The third-order valence-corrected chi connectivity index (χ3v) is 3.98. The van der Waals surface area contributed by atoms with E-state index in [2.05, 4.69) is 27.3 Å². The van der Waals surface area contributed by atoms with Crippen LogP contribution in [0.15, 0.2) is 39.4 Å². The zero-order chi connectivity index (χ0) is 13.2. The Bertz CT molecular complexity index is 642. The molecule has 1 heterocycles. The lowest BCUT2D eigenvalue weighted by atomic mass is 9.93. The molecule has 1 aliphatic rings. The van der Waals surface area contributed by atoms with Gasteiger partial charge < -0.3 is 9.73 Å². The number of hydrogen-bond acceptors (Lipinski definition) is 3. The highest BCUT2D eigenvalue weighted by Crippen LogP contribution is 2.34. The Morgan fingerprint density at radius 2 is 2.26 bits per heavy atom. The fourth-order valence-electron chi connectivity index (χ4n) is 2.56. The quantitative estimate of drug-likeness (QED) is 0.893. The first-order valence-corrected chi connectivity index (χ1v) is 7.09. The molecule has 0 aliphatic heterocycles. The zero-order valence-electron chi connectivity index (χ0n) is 10.3. The fraction of sp³-hybridized carbons (Fsp3) is 0.267. The van der Waals surface area contributed by atoms with E-state index in [1.165, 1.54) is 5.56 Å². The van der Waals surface area contributed by atoms with Crippen LogP contribution in [-0.4, -0.2) is 0 Å². The molecule has 0 radical (unpaired) electrons. The maximum absolute atomic E-state index is 9.20. The summed E-state index contributed by atoms with van der Waals surface area (Å²) in [7, 11) is 0. The molecule has 1 aromatic carbocycles. The highest BCUT2D eigenvalue weighted by Gasteiger charge is 2.23. The van der Waals surface area contributed by atoms with Crippen molar-refractivity contribution in [2.45, 2.75) is 25.3 Å². The number of hydrogen-bond donors (Lipinski definition) is 1. The molecular formula is C15H13BrN2O. The predicted molar refractivity (Wildman–Crippen MR) is 76.9 cm³/mol. The number of anilines is 1. The van der Waals surface area contributed by atoms with Crippen LogP contribution in [0.5, 0.6) is 0 Å². The number of fused-ring (bicyclic) bond motifs is 1. The van der Waals surface area contributed by atoms with Crippen molar-refractivity contribution in [2.75, 3.05) is 5.32 Å². The molecule has 0 amide bonds. The SMILES string of the molecule is N#Cc1cc(Br)ccc1NC1CCCc2occc21. The first-order chi connectivity index (χ1) is 9.28. The second-order valence-electron chi connectivity index (χ2n) is 4.69. The third kappa shape index (κ3) is 2.39. The van der Waals surface area contributed by atoms with Gasteiger partial charge in [0.15, 0.2) is 0 Å². The molecule has 1 aliphatic carbocycles. The molecule has 19 heavy (non-hydrogen) atoms. The normalized spacial score (nSPS) is 17.6. The summed E-state index contributed by atoms with van der Waals surface area (Å²) in [5, 5.41) is 12.7. The summed E-state index contributed by atoms with van der Waals surface area (Å²) in [6.07, 6.45) is 4.92. The van der Waals surface area contributed by atoms with Gasteiger partial charge in [0, 0.05) is 16.5 Å². The van der Waals surface area contributed by atoms with Gasteiger partial charge in [-0.1, -0.05) is 15.9 Å². The summed E-state index contributed by atoms with van der Waals surface area (Å²) < 4.78 is 6.41. The number of furan rings is 1. The van der Waals surface area contributed by atoms with Gasteiger partial charge in [-0.2, -0.15) is 5.26 Å². The molecule has 0 fully saturated rings. The van der Waals surface area contributed by atoms with Crippen molar-refractivity contribution >= 4 is 21.6 Å². The van der Waals surface area contributed by atoms with Crippen LogP contribution < -0.4 is 5.32 Å². The van der Waals surface area contributed by atoms with Crippen LogP contribution in [0.4, 0.5) is 5.69 Å². The highest BCUT2D eigenvalue weighted by molar-refractivity contribution is 9.10. The van der Waals surface area contributed by atoms with Crippen LogP contribution >= 0.6 is 15.9 Å². The smallest absolute Gasteiger partial charge is 0.109 e. The fourth-order valence-corrected chi connectivity index (χ4v) is 2.92. The molecule has 2 aromatic rings. The Morgan fingerprint density at radius 3 is 3.11 bits per heavy atom. The Hall–Kier alpha value is -1.73. The predicted octanol–water partition coefficient (Wildman–Crippen LogP) is 4.40. The van der Waals surface area contributed by atoms with Crippen molar-refractivity contribution in [3.63, 3.8) is 0 Å². The van der Waals surface area contributed by atoms with E-state index in [1.54, 1.807) is 6.26 Å². The molecule has 4 heteroatoms. The number of benzene rings is 1. The molecule has 96 valence electrons. The van der Waals surface area contributed by atoms with Crippen molar-refractivity contribution in [1.29, 1.82) is 5.26 Å². The molecule has 1 atom stereocenters. The van der Waals surface area contributed by atoms with E-state index in [4.69, 9.17) is 4.42 Å². The molecule has 1 N–H and O–H groups in total. The second kappa shape index (κ2) is 5.10. The number of nitriles is 1. The van der Waals surface area contributed by atoms with Gasteiger partial charge in [-0.15, -0.1) is 0 Å². The lowest BCUT2D eigenvalue weighted by Gasteiger charge is -2.24. The van der Waals surface area contributed by atoms with Crippen LogP contribution in [0.1, 0.15) is 35.8 Å². The van der Waals surface area contributed by atoms with Crippen LogP contribution in [-0.2, 0) is 6.42 Å². The van der Waals surface area contributed by atoms with Crippen LogP contribution in [0.3, 0.4) is 0 Å². The van der Waals surface area contributed by atoms with Crippen molar-refractivity contribution in [3.05, 3.63) is 51.9 Å². The molecule has 1 aromatic heterocycles. The minimum Gasteiger partial charge on any atom is -0.469 e. The van der Waals surface area contributed by atoms with E-state index >= 15 is 0 Å². The number of rotatable bonds is 2. The third-order valence-electron chi connectivity index (χ3n) is 3.48. The molecule has 0 saturated carbocycles. The number of nitrogens with one attached hydrogen (secondary N) is 1. The zero-order valence-corrected chi connectivity index (χ0v) is 11.9. The van der Waals surface area contributed by atoms with Gasteiger partial charge in [0.05, 0.1) is 23.6 Å². The largest absolute Gasteiger partial charge is 0.469 e. The average molecular weight is 317 g/mol. The molecule has 3 nitrogen and oxygen atoms in total. The second-order valence-corrected chi connectivity index (χ2v) is 5.61. The minimum absolute atomic E-state index is 0.232. The van der Waals surface area contributed by atoms with Gasteiger partial charge in [0.2, 0.25) is 0 Å². The first kappa shape index (κ1) is 12.3. The summed E-state index contributed by atoms with van der Waals surface area (Å²) in [6.45, 7) is 0. The Balaban J connectivity index is 1.90. The molecule has 3 rings (SSSR count). The summed E-state index contributed by atoms with van der Waals surface area (Å²) in [6, 6.07) is 10.2. The summed E-state index contributed by atoms with van der Waals surface area (Å²) in [5.74, 6) is 1.07. The maximum atomic E-state index is 9.20. The molecule has 0 spiro atoms. The van der Waals surface area contributed by atoms with Gasteiger partial charge in [0.25, 0.3) is 0 Å². The number of nitrogens with zero attached hydrogens (tertiary/aromatic N) is 1. The number of halogens is 1. The van der Waals surface area contributed by atoms with Crippen LogP contribution in [0.2, 0.25) is 0 Å². The summed E-state index contributed by atoms with van der Waals surface area (Å²) in [4.78, 5) is 0.